The molecule has 2 heterocycles. The molecule has 122 valence electrons. The topological polar surface area (TPSA) is 51.2 Å². The second-order valence-electron chi connectivity index (χ2n) is 6.14. The standard InChI is InChI=1S/C19H17ClN2O2/c1-24-19(23)14-7-8-15(20)18-16(14)12-5-2-6-13(12)17(22-18)11-4-3-9-21-10-11/h2-5,7-10,12-13,17,22H,6H2,1H3/t12-,13-,17+/m1/s1. The Kier molecular flexibility index (Phi) is 3.77. The monoisotopic (exact) mass is 340 g/mol. The molecular weight excluding hydrogens is 324 g/mol. The van der Waals surface area contributed by atoms with E-state index < -0.39 is 0 Å². The number of fused-ring (bicyclic) bond motifs is 3. The molecular formula is C19H17ClN2O2. The second kappa shape index (κ2) is 5.95. The van der Waals surface area contributed by atoms with Crippen LogP contribution in [0.1, 0.15) is 39.9 Å². The number of esters is 1. The number of benzene rings is 1. The van der Waals surface area contributed by atoms with Crippen LogP contribution in [0.3, 0.4) is 0 Å². The van der Waals surface area contributed by atoms with E-state index in [-0.39, 0.29) is 17.9 Å². The molecule has 24 heavy (non-hydrogen) atoms. The molecule has 0 saturated heterocycles. The van der Waals surface area contributed by atoms with Crippen molar-refractivity contribution < 1.29 is 9.53 Å². The molecule has 1 aromatic carbocycles. The van der Waals surface area contributed by atoms with Crippen molar-refractivity contribution in [3.05, 3.63) is 70.5 Å². The van der Waals surface area contributed by atoms with Crippen molar-refractivity contribution in [2.45, 2.75) is 18.4 Å². The number of nitrogens with one attached hydrogen (secondary N) is 1. The summed E-state index contributed by atoms with van der Waals surface area (Å²) in [6.45, 7) is 0. The lowest BCUT2D eigenvalue weighted by atomic mass is 9.75. The maximum atomic E-state index is 12.2. The molecule has 2 aromatic rings. The summed E-state index contributed by atoms with van der Waals surface area (Å²) in [6, 6.07) is 7.62. The number of ether oxygens (including phenoxy) is 1. The van der Waals surface area contributed by atoms with Crippen molar-refractivity contribution in [3.63, 3.8) is 0 Å². The SMILES string of the molecule is COC(=O)c1ccc(Cl)c2c1[C@@H]1C=CC[C@H]1[C@H](c1cccnc1)N2. The molecule has 0 fully saturated rings. The van der Waals surface area contributed by atoms with Gasteiger partial charge >= 0.3 is 5.97 Å². The van der Waals surface area contributed by atoms with Gasteiger partial charge in [-0.25, -0.2) is 4.79 Å². The maximum Gasteiger partial charge on any atom is 0.338 e. The van der Waals surface area contributed by atoms with Crippen LogP contribution in [0.25, 0.3) is 0 Å². The van der Waals surface area contributed by atoms with Crippen LogP contribution in [0, 0.1) is 5.92 Å². The molecule has 3 atom stereocenters. The third-order valence-corrected chi connectivity index (χ3v) is 5.23. The van der Waals surface area contributed by atoms with Crippen LogP contribution in [-0.2, 0) is 4.74 Å². The van der Waals surface area contributed by atoms with E-state index in [0.717, 1.165) is 23.2 Å². The molecule has 1 aliphatic heterocycles. The van der Waals surface area contributed by atoms with E-state index in [0.29, 0.717) is 16.5 Å². The predicted molar refractivity (Wildman–Crippen MR) is 93.4 cm³/mol. The molecule has 2 aliphatic rings. The fourth-order valence-corrected chi connectivity index (χ4v) is 4.07. The Morgan fingerprint density at radius 3 is 3.00 bits per heavy atom. The largest absolute Gasteiger partial charge is 0.465 e. The Labute approximate surface area is 145 Å². The van der Waals surface area contributed by atoms with Gasteiger partial charge in [-0.15, -0.1) is 0 Å². The normalized spacial score (nSPS) is 24.0. The maximum absolute atomic E-state index is 12.2. The highest BCUT2D eigenvalue weighted by atomic mass is 35.5. The number of nitrogens with zero attached hydrogens (tertiary/aromatic N) is 1. The van der Waals surface area contributed by atoms with Crippen LogP contribution in [0.2, 0.25) is 5.02 Å². The number of pyridine rings is 1. The highest BCUT2D eigenvalue weighted by molar-refractivity contribution is 6.33. The fourth-order valence-electron chi connectivity index (χ4n) is 3.85. The van der Waals surface area contributed by atoms with Crippen LogP contribution in [0.15, 0.2) is 48.8 Å². The van der Waals surface area contributed by atoms with Gasteiger partial charge in [0.05, 0.1) is 29.4 Å². The first-order chi connectivity index (χ1) is 11.7. The highest BCUT2D eigenvalue weighted by Crippen LogP contribution is 2.52. The molecule has 1 aliphatic carbocycles. The summed E-state index contributed by atoms with van der Waals surface area (Å²) in [7, 11) is 1.40. The number of rotatable bonds is 2. The molecule has 5 heteroatoms. The number of anilines is 1. The van der Waals surface area contributed by atoms with E-state index in [1.54, 1.807) is 18.3 Å². The highest BCUT2D eigenvalue weighted by Gasteiger charge is 2.41. The number of hydrogen-bond donors (Lipinski definition) is 1. The molecule has 0 radical (unpaired) electrons. The molecule has 0 saturated carbocycles. The summed E-state index contributed by atoms with van der Waals surface area (Å²) in [5, 5.41) is 4.17. The predicted octanol–water partition coefficient (Wildman–Crippen LogP) is 4.35. The third-order valence-electron chi connectivity index (χ3n) is 4.92. The van der Waals surface area contributed by atoms with Gasteiger partial charge in [0, 0.05) is 18.3 Å². The minimum Gasteiger partial charge on any atom is -0.465 e. The molecule has 4 nitrogen and oxygen atoms in total. The Balaban J connectivity index is 1.87. The van der Waals surface area contributed by atoms with Crippen LogP contribution < -0.4 is 5.32 Å². The summed E-state index contributed by atoms with van der Waals surface area (Å²) in [5.74, 6) is 0.131. The summed E-state index contributed by atoms with van der Waals surface area (Å²) in [6.07, 6.45) is 8.96. The molecule has 1 N–H and O–H groups in total. The fraction of sp³-hybridized carbons (Fsp3) is 0.263. The number of halogens is 1. The van der Waals surface area contributed by atoms with Gasteiger partial charge in [-0.1, -0.05) is 29.8 Å². The van der Waals surface area contributed by atoms with Gasteiger partial charge in [-0.05, 0) is 41.7 Å². The first-order valence-electron chi connectivity index (χ1n) is 7.94. The number of carbonyl (C=O) groups excluding carboxylic acids is 1. The first kappa shape index (κ1) is 15.2. The zero-order valence-corrected chi connectivity index (χ0v) is 14.0. The molecule has 0 amide bonds. The van der Waals surface area contributed by atoms with Crippen LogP contribution in [0.4, 0.5) is 5.69 Å². The van der Waals surface area contributed by atoms with E-state index >= 15 is 0 Å². The van der Waals surface area contributed by atoms with Gasteiger partial charge in [-0.3, -0.25) is 4.98 Å². The Bertz CT molecular complexity index is 820. The van der Waals surface area contributed by atoms with Crippen molar-refractivity contribution in [1.29, 1.82) is 0 Å². The summed E-state index contributed by atoms with van der Waals surface area (Å²) in [5.41, 5.74) is 3.46. The lowest BCUT2D eigenvalue weighted by Gasteiger charge is -2.38. The summed E-state index contributed by atoms with van der Waals surface area (Å²) in [4.78, 5) is 16.5. The van der Waals surface area contributed by atoms with Crippen molar-refractivity contribution in [2.24, 2.45) is 5.92 Å². The number of carbonyl (C=O) groups is 1. The minimum atomic E-state index is -0.330. The minimum absolute atomic E-state index is 0.108. The van der Waals surface area contributed by atoms with Crippen molar-refractivity contribution in [1.82, 2.24) is 4.98 Å². The van der Waals surface area contributed by atoms with Crippen molar-refractivity contribution in [2.75, 3.05) is 12.4 Å². The lowest BCUT2D eigenvalue weighted by molar-refractivity contribution is 0.0598. The number of methoxy groups -OCH3 is 1. The third kappa shape index (κ3) is 2.29. The smallest absolute Gasteiger partial charge is 0.338 e. The number of hydrogen-bond acceptors (Lipinski definition) is 4. The van der Waals surface area contributed by atoms with E-state index in [4.69, 9.17) is 16.3 Å². The summed E-state index contributed by atoms with van der Waals surface area (Å²) >= 11 is 6.45. The van der Waals surface area contributed by atoms with Crippen LogP contribution in [0.5, 0.6) is 0 Å². The van der Waals surface area contributed by atoms with E-state index in [2.05, 4.69) is 28.5 Å². The molecule has 4 rings (SSSR count). The number of aromatic nitrogens is 1. The Morgan fingerprint density at radius 2 is 2.25 bits per heavy atom. The van der Waals surface area contributed by atoms with Gasteiger partial charge in [0.2, 0.25) is 0 Å². The zero-order chi connectivity index (χ0) is 16.7. The molecule has 1 aromatic heterocycles. The average molecular weight is 341 g/mol. The average Bonchev–Trinajstić information content (AvgIpc) is 3.11. The number of allylic oxidation sites excluding steroid dienone is 2. The summed E-state index contributed by atoms with van der Waals surface area (Å²) < 4.78 is 4.96. The van der Waals surface area contributed by atoms with Crippen LogP contribution in [-0.4, -0.2) is 18.1 Å². The zero-order valence-electron chi connectivity index (χ0n) is 13.2. The first-order valence-corrected chi connectivity index (χ1v) is 8.32. The molecule has 0 bridgehead atoms. The quantitative estimate of drug-likeness (QED) is 0.652. The van der Waals surface area contributed by atoms with Crippen molar-refractivity contribution in [3.8, 4) is 0 Å². The second-order valence-corrected chi connectivity index (χ2v) is 6.54. The van der Waals surface area contributed by atoms with E-state index in [9.17, 15) is 4.79 Å². The van der Waals surface area contributed by atoms with Crippen molar-refractivity contribution >= 4 is 23.3 Å². The lowest BCUT2D eigenvalue weighted by Crippen LogP contribution is -2.30. The van der Waals surface area contributed by atoms with Gasteiger partial charge < -0.3 is 10.1 Å². The Morgan fingerprint density at radius 1 is 1.38 bits per heavy atom. The van der Waals surface area contributed by atoms with E-state index in [1.807, 2.05) is 12.3 Å². The molecule has 0 unspecified atom stereocenters. The van der Waals surface area contributed by atoms with Crippen LogP contribution >= 0.6 is 11.6 Å². The van der Waals surface area contributed by atoms with Gasteiger partial charge in [0.25, 0.3) is 0 Å². The van der Waals surface area contributed by atoms with Gasteiger partial charge in [-0.2, -0.15) is 0 Å². The van der Waals surface area contributed by atoms with Gasteiger partial charge in [0.15, 0.2) is 0 Å². The van der Waals surface area contributed by atoms with E-state index in [1.165, 1.54) is 7.11 Å². The molecule has 0 spiro atoms. The van der Waals surface area contributed by atoms with Gasteiger partial charge in [0.1, 0.15) is 0 Å². The Hall–Kier alpha value is -2.33.